The van der Waals surface area contributed by atoms with E-state index in [9.17, 15) is 20.4 Å². The molecule has 2 aromatic carbocycles. The molecule has 0 saturated carbocycles. The quantitative estimate of drug-likeness (QED) is 0.486. The summed E-state index contributed by atoms with van der Waals surface area (Å²) >= 11 is 0. The summed E-state index contributed by atoms with van der Waals surface area (Å²) in [7, 11) is 0. The number of ether oxygens (including phenoxy) is 4. The van der Waals surface area contributed by atoms with E-state index in [0.717, 1.165) is 84.7 Å². The normalized spacial score (nSPS) is 32.1. The van der Waals surface area contributed by atoms with Crippen LogP contribution in [-0.4, -0.2) is 58.1 Å². The Morgan fingerprint density at radius 2 is 0.947 bits per heavy atom. The predicted octanol–water partition coefficient (Wildman–Crippen LogP) is 2.48. The summed E-state index contributed by atoms with van der Waals surface area (Å²) in [5.41, 5.74) is 11.2. The lowest BCUT2D eigenvalue weighted by Gasteiger charge is -2.39. The fourth-order valence-corrected chi connectivity index (χ4v) is 8.05. The van der Waals surface area contributed by atoms with E-state index < -0.39 is 36.6 Å². The van der Waals surface area contributed by atoms with E-state index in [1.54, 1.807) is 0 Å². The standard InChI is InChI=1S/C30H34O8/c31-9-19-25(33)29-23-17(11-35-29)13-5-1-3-7-15(13)21(27(23)37-19)22-16-8-4-2-6-14(16)18-12-36-30-24(18)28(22)38-20(10-32)26(30)34/h19-20,25-26,29-34H,1-12H2/t19-,20-,25-,26-,29-,30-/m1/s1. The van der Waals surface area contributed by atoms with Gasteiger partial charge < -0.3 is 39.4 Å². The van der Waals surface area contributed by atoms with Crippen molar-refractivity contribution in [3.63, 3.8) is 0 Å². The Kier molecular flexibility index (Phi) is 5.39. The van der Waals surface area contributed by atoms with Crippen LogP contribution in [0.1, 0.15) is 82.4 Å². The first-order valence-corrected chi connectivity index (χ1v) is 14.2. The molecule has 0 radical (unpaired) electrons. The van der Waals surface area contributed by atoms with Crippen molar-refractivity contribution in [1.82, 2.24) is 0 Å². The van der Waals surface area contributed by atoms with Gasteiger partial charge in [0.2, 0.25) is 0 Å². The molecule has 2 aromatic rings. The van der Waals surface area contributed by atoms with E-state index in [-0.39, 0.29) is 13.2 Å². The maximum absolute atomic E-state index is 11.0. The summed E-state index contributed by atoms with van der Waals surface area (Å²) in [5.74, 6) is 1.39. The van der Waals surface area contributed by atoms with Crippen LogP contribution in [0, 0.1) is 0 Å². The molecule has 0 saturated heterocycles. The van der Waals surface area contributed by atoms with E-state index in [1.807, 2.05) is 0 Å². The zero-order valence-electron chi connectivity index (χ0n) is 21.4. The third kappa shape index (κ3) is 3.02. The lowest BCUT2D eigenvalue weighted by Crippen LogP contribution is -2.43. The van der Waals surface area contributed by atoms with Gasteiger partial charge in [-0.3, -0.25) is 0 Å². The largest absolute Gasteiger partial charge is 0.484 e. The Labute approximate surface area is 221 Å². The lowest BCUT2D eigenvalue weighted by molar-refractivity contribution is -0.104. The molecule has 4 aliphatic heterocycles. The minimum atomic E-state index is -0.946. The topological polar surface area (TPSA) is 118 Å². The van der Waals surface area contributed by atoms with Gasteiger partial charge in [0.25, 0.3) is 0 Å². The molecular weight excluding hydrogens is 488 g/mol. The third-order valence-corrected chi connectivity index (χ3v) is 9.78. The molecule has 0 bridgehead atoms. The van der Waals surface area contributed by atoms with Crippen molar-refractivity contribution in [1.29, 1.82) is 0 Å². The van der Waals surface area contributed by atoms with Crippen LogP contribution in [0.3, 0.4) is 0 Å². The molecule has 6 aliphatic rings. The molecule has 0 aromatic heterocycles. The van der Waals surface area contributed by atoms with Crippen molar-refractivity contribution in [2.24, 2.45) is 0 Å². The Morgan fingerprint density at radius 1 is 0.553 bits per heavy atom. The zero-order valence-corrected chi connectivity index (χ0v) is 21.4. The van der Waals surface area contributed by atoms with Crippen LogP contribution in [0.2, 0.25) is 0 Å². The predicted molar refractivity (Wildman–Crippen MR) is 135 cm³/mol. The minimum Gasteiger partial charge on any atom is -0.484 e. The summed E-state index contributed by atoms with van der Waals surface area (Å²) in [5, 5.41) is 42.3. The Hall–Kier alpha value is -2.20. The smallest absolute Gasteiger partial charge is 0.150 e. The lowest BCUT2D eigenvalue weighted by atomic mass is 9.73. The highest BCUT2D eigenvalue weighted by Gasteiger charge is 2.49. The molecule has 0 spiro atoms. The van der Waals surface area contributed by atoms with E-state index >= 15 is 0 Å². The van der Waals surface area contributed by atoms with Crippen molar-refractivity contribution in [2.45, 2.75) is 101 Å². The monoisotopic (exact) mass is 522 g/mol. The molecule has 6 atom stereocenters. The zero-order chi connectivity index (χ0) is 25.7. The minimum absolute atomic E-state index is 0.313. The molecule has 4 heterocycles. The van der Waals surface area contributed by atoms with Crippen molar-refractivity contribution >= 4 is 0 Å². The van der Waals surface area contributed by atoms with Gasteiger partial charge in [0.05, 0.1) is 26.4 Å². The Balaban J connectivity index is 1.48. The second-order valence-corrected chi connectivity index (χ2v) is 11.6. The van der Waals surface area contributed by atoms with Gasteiger partial charge in [-0.1, -0.05) is 0 Å². The average Bonchev–Trinajstić information content (AvgIpc) is 3.60. The van der Waals surface area contributed by atoms with Crippen LogP contribution < -0.4 is 9.47 Å². The van der Waals surface area contributed by atoms with Gasteiger partial charge in [0.15, 0.2) is 12.2 Å². The highest BCUT2D eigenvalue weighted by molar-refractivity contribution is 5.88. The average molecular weight is 523 g/mol. The summed E-state index contributed by atoms with van der Waals surface area (Å²) in [6.07, 6.45) is 3.52. The van der Waals surface area contributed by atoms with Gasteiger partial charge in [-0.15, -0.1) is 0 Å². The van der Waals surface area contributed by atoms with Crippen molar-refractivity contribution < 1.29 is 39.4 Å². The summed E-state index contributed by atoms with van der Waals surface area (Å²) in [4.78, 5) is 0. The fraction of sp³-hybridized carbons (Fsp3) is 0.600. The van der Waals surface area contributed by atoms with Gasteiger partial charge in [-0.05, 0) is 84.7 Å². The van der Waals surface area contributed by atoms with Crippen LogP contribution in [-0.2, 0) is 48.4 Å². The number of hydrogen-bond donors (Lipinski definition) is 4. The highest BCUT2D eigenvalue weighted by atomic mass is 16.6. The molecule has 8 heteroatoms. The molecule has 8 rings (SSSR count). The molecule has 202 valence electrons. The van der Waals surface area contributed by atoms with Gasteiger partial charge >= 0.3 is 0 Å². The summed E-state index contributed by atoms with van der Waals surface area (Å²) < 4.78 is 25.3. The molecule has 4 N–H and O–H groups in total. The molecular formula is C30H34O8. The third-order valence-electron chi connectivity index (χ3n) is 9.78. The second-order valence-electron chi connectivity index (χ2n) is 11.6. The van der Waals surface area contributed by atoms with Crippen LogP contribution in [0.5, 0.6) is 11.5 Å². The molecule has 0 fully saturated rings. The van der Waals surface area contributed by atoms with E-state index in [1.165, 1.54) is 22.3 Å². The van der Waals surface area contributed by atoms with Gasteiger partial charge in [-0.2, -0.15) is 0 Å². The maximum Gasteiger partial charge on any atom is 0.150 e. The first-order valence-electron chi connectivity index (χ1n) is 14.2. The summed E-state index contributed by atoms with van der Waals surface area (Å²) in [6.45, 7) is 0.252. The van der Waals surface area contributed by atoms with Crippen LogP contribution in [0.25, 0.3) is 11.1 Å². The SMILES string of the molecule is OC[C@H]1Oc2c(-c3c4c(c5c6c3O[C@H](CO)[C@@H](O)[C@@H]6OC5)CCCC4)c3c(c4c2[C@@H](OC4)[C@@H]1O)CCCC3. The maximum atomic E-state index is 11.0. The van der Waals surface area contributed by atoms with E-state index in [4.69, 9.17) is 18.9 Å². The first-order chi connectivity index (χ1) is 18.6. The van der Waals surface area contributed by atoms with Crippen molar-refractivity contribution in [2.75, 3.05) is 13.2 Å². The van der Waals surface area contributed by atoms with Gasteiger partial charge in [0.1, 0.15) is 35.9 Å². The molecule has 38 heavy (non-hydrogen) atoms. The number of rotatable bonds is 3. The number of fused-ring (bicyclic) bond motifs is 4. The summed E-state index contributed by atoms with van der Waals surface area (Å²) in [6, 6.07) is 0. The van der Waals surface area contributed by atoms with Crippen molar-refractivity contribution in [3.8, 4) is 22.6 Å². The number of aliphatic hydroxyl groups is 4. The Morgan fingerprint density at radius 3 is 1.34 bits per heavy atom. The first kappa shape index (κ1) is 23.7. The molecule has 8 nitrogen and oxygen atoms in total. The molecule has 0 amide bonds. The Bertz CT molecular complexity index is 1230. The number of hydrogen-bond acceptors (Lipinski definition) is 8. The number of benzene rings is 2. The van der Waals surface area contributed by atoms with Crippen LogP contribution in [0.15, 0.2) is 0 Å². The van der Waals surface area contributed by atoms with Gasteiger partial charge in [-0.25, -0.2) is 0 Å². The van der Waals surface area contributed by atoms with Gasteiger partial charge in [0, 0.05) is 22.3 Å². The second kappa shape index (κ2) is 8.65. The number of aliphatic hydroxyl groups excluding tert-OH is 4. The highest BCUT2D eigenvalue weighted by Crippen LogP contribution is 2.59. The van der Waals surface area contributed by atoms with E-state index in [2.05, 4.69) is 0 Å². The molecule has 2 aliphatic carbocycles. The fourth-order valence-electron chi connectivity index (χ4n) is 8.05. The van der Waals surface area contributed by atoms with Crippen LogP contribution in [0.4, 0.5) is 0 Å². The van der Waals surface area contributed by atoms with E-state index in [0.29, 0.717) is 24.7 Å². The van der Waals surface area contributed by atoms with Crippen LogP contribution >= 0.6 is 0 Å². The van der Waals surface area contributed by atoms with Crippen molar-refractivity contribution in [3.05, 3.63) is 44.5 Å². The molecule has 0 unspecified atom stereocenters.